The SMILES string of the molecule is COc1ccc(S(=O)(=O)c2cn(Cc3ccccc3F)c3cc(OC)c(OC)cc3c2=O)cc1. The van der Waals surface area contributed by atoms with Crippen molar-refractivity contribution in [2.24, 2.45) is 0 Å². The molecule has 176 valence electrons. The molecule has 9 heteroatoms. The molecule has 0 amide bonds. The molecule has 4 rings (SSSR count). The van der Waals surface area contributed by atoms with E-state index < -0.39 is 26.0 Å². The monoisotopic (exact) mass is 483 g/mol. The first-order chi connectivity index (χ1) is 16.3. The highest BCUT2D eigenvalue weighted by Crippen LogP contribution is 2.32. The molecule has 0 unspecified atom stereocenters. The van der Waals surface area contributed by atoms with E-state index in [0.29, 0.717) is 22.6 Å². The molecule has 4 aromatic rings. The Labute approximate surface area is 195 Å². The number of fused-ring (bicyclic) bond motifs is 1. The van der Waals surface area contributed by atoms with Crippen LogP contribution < -0.4 is 19.6 Å². The maximum absolute atomic E-state index is 14.4. The molecule has 0 saturated heterocycles. The molecular formula is C25H22FNO6S. The van der Waals surface area contributed by atoms with Gasteiger partial charge < -0.3 is 18.8 Å². The summed E-state index contributed by atoms with van der Waals surface area (Å²) in [7, 11) is 0.133. The third kappa shape index (κ3) is 4.10. The minimum Gasteiger partial charge on any atom is -0.497 e. The van der Waals surface area contributed by atoms with Crippen LogP contribution >= 0.6 is 0 Å². The molecule has 0 saturated carbocycles. The number of rotatable bonds is 7. The summed E-state index contributed by atoms with van der Waals surface area (Å²) >= 11 is 0. The van der Waals surface area contributed by atoms with E-state index in [9.17, 15) is 17.6 Å². The predicted molar refractivity (Wildman–Crippen MR) is 125 cm³/mol. The number of ether oxygens (including phenoxy) is 3. The van der Waals surface area contributed by atoms with Gasteiger partial charge in [0, 0.05) is 17.8 Å². The van der Waals surface area contributed by atoms with E-state index >= 15 is 0 Å². The molecule has 0 aliphatic rings. The molecule has 0 radical (unpaired) electrons. The van der Waals surface area contributed by atoms with E-state index in [0.717, 1.165) is 0 Å². The molecule has 7 nitrogen and oxygen atoms in total. The van der Waals surface area contributed by atoms with Crippen molar-refractivity contribution in [1.29, 1.82) is 0 Å². The second-order valence-electron chi connectivity index (χ2n) is 7.45. The number of nitrogens with zero attached hydrogens (tertiary/aromatic N) is 1. The summed E-state index contributed by atoms with van der Waals surface area (Å²) in [5.41, 5.74) is 0.00571. The van der Waals surface area contributed by atoms with Crippen molar-refractivity contribution in [2.75, 3.05) is 21.3 Å². The van der Waals surface area contributed by atoms with Crippen molar-refractivity contribution in [3.63, 3.8) is 0 Å². The summed E-state index contributed by atoms with van der Waals surface area (Å²) < 4.78 is 58.7. The first-order valence-electron chi connectivity index (χ1n) is 10.2. The van der Waals surface area contributed by atoms with Gasteiger partial charge >= 0.3 is 0 Å². The lowest BCUT2D eigenvalue weighted by Gasteiger charge is -2.17. The van der Waals surface area contributed by atoms with E-state index in [4.69, 9.17) is 14.2 Å². The first-order valence-corrected chi connectivity index (χ1v) is 11.7. The maximum atomic E-state index is 14.4. The van der Waals surface area contributed by atoms with Gasteiger partial charge in [0.05, 0.1) is 43.7 Å². The van der Waals surface area contributed by atoms with Crippen LogP contribution in [0.25, 0.3) is 10.9 Å². The van der Waals surface area contributed by atoms with Gasteiger partial charge in [-0.2, -0.15) is 0 Å². The van der Waals surface area contributed by atoms with E-state index in [1.807, 2.05) is 0 Å². The van der Waals surface area contributed by atoms with E-state index in [-0.39, 0.29) is 22.6 Å². The standard InChI is InChI=1S/C25H22FNO6S/c1-31-17-8-10-18(11-9-17)34(29,30)24-15-27(14-16-6-4-5-7-20(16)26)21-13-23(33-3)22(32-2)12-19(21)25(24)28/h4-13,15H,14H2,1-3H3. The average molecular weight is 484 g/mol. The van der Waals surface area contributed by atoms with Crippen LogP contribution in [0.15, 0.2) is 81.4 Å². The summed E-state index contributed by atoms with van der Waals surface area (Å²) in [6.07, 6.45) is 1.24. The smallest absolute Gasteiger partial charge is 0.211 e. The second-order valence-corrected chi connectivity index (χ2v) is 9.36. The Morgan fingerprint density at radius 2 is 1.53 bits per heavy atom. The number of sulfone groups is 1. The van der Waals surface area contributed by atoms with Crippen molar-refractivity contribution in [1.82, 2.24) is 4.57 Å². The van der Waals surface area contributed by atoms with Gasteiger partial charge in [0.1, 0.15) is 16.5 Å². The zero-order valence-electron chi connectivity index (χ0n) is 18.7. The third-order valence-corrected chi connectivity index (χ3v) is 7.27. The van der Waals surface area contributed by atoms with Crippen LogP contribution in [0.1, 0.15) is 5.56 Å². The predicted octanol–water partition coefficient (Wildman–Crippen LogP) is 4.05. The number of benzene rings is 3. The Kier molecular flexibility index (Phi) is 6.30. The lowest BCUT2D eigenvalue weighted by atomic mass is 10.1. The summed E-state index contributed by atoms with van der Waals surface area (Å²) in [5.74, 6) is 0.645. The van der Waals surface area contributed by atoms with E-state index in [2.05, 4.69) is 0 Å². The molecule has 0 N–H and O–H groups in total. The molecule has 0 spiro atoms. The van der Waals surface area contributed by atoms with Crippen molar-refractivity contribution < 1.29 is 27.0 Å². The molecule has 0 aliphatic carbocycles. The topological polar surface area (TPSA) is 83.8 Å². The molecule has 34 heavy (non-hydrogen) atoms. The van der Waals surface area contributed by atoms with Gasteiger partial charge in [-0.05, 0) is 36.4 Å². The van der Waals surface area contributed by atoms with Crippen LogP contribution in [0.3, 0.4) is 0 Å². The van der Waals surface area contributed by atoms with Crippen LogP contribution in [-0.2, 0) is 16.4 Å². The lowest BCUT2D eigenvalue weighted by Crippen LogP contribution is -2.20. The average Bonchev–Trinajstić information content (AvgIpc) is 2.86. The first kappa shape index (κ1) is 23.3. The zero-order valence-corrected chi connectivity index (χ0v) is 19.6. The van der Waals surface area contributed by atoms with Crippen LogP contribution in [0.4, 0.5) is 4.39 Å². The number of pyridine rings is 1. The minimum atomic E-state index is -4.20. The lowest BCUT2D eigenvalue weighted by molar-refractivity contribution is 0.355. The number of hydrogen-bond donors (Lipinski definition) is 0. The molecule has 0 bridgehead atoms. The highest BCUT2D eigenvalue weighted by molar-refractivity contribution is 7.91. The third-order valence-electron chi connectivity index (χ3n) is 5.51. The van der Waals surface area contributed by atoms with E-state index in [1.54, 1.807) is 24.3 Å². The van der Waals surface area contributed by atoms with Gasteiger partial charge in [0.25, 0.3) is 0 Å². The summed E-state index contributed by atoms with van der Waals surface area (Å²) in [6, 6.07) is 14.9. The van der Waals surface area contributed by atoms with Crippen LogP contribution in [0, 0.1) is 5.82 Å². The van der Waals surface area contributed by atoms with Gasteiger partial charge in [0.15, 0.2) is 11.5 Å². The van der Waals surface area contributed by atoms with Crippen molar-refractivity contribution in [2.45, 2.75) is 16.3 Å². The normalized spacial score (nSPS) is 11.4. The van der Waals surface area contributed by atoms with Gasteiger partial charge in [0.2, 0.25) is 15.3 Å². The fourth-order valence-corrected chi connectivity index (χ4v) is 5.07. The fourth-order valence-electron chi connectivity index (χ4n) is 3.70. The number of hydrogen-bond acceptors (Lipinski definition) is 6. The minimum absolute atomic E-state index is 0.00985. The number of aromatic nitrogens is 1. The Morgan fingerprint density at radius 1 is 0.882 bits per heavy atom. The van der Waals surface area contributed by atoms with Gasteiger partial charge in [-0.3, -0.25) is 4.79 Å². The fraction of sp³-hybridized carbons (Fsp3) is 0.160. The highest BCUT2D eigenvalue weighted by Gasteiger charge is 2.25. The number of halogens is 1. The van der Waals surface area contributed by atoms with E-state index in [1.165, 1.54) is 68.5 Å². The molecule has 3 aromatic carbocycles. The summed E-state index contributed by atoms with van der Waals surface area (Å²) in [4.78, 5) is 12.9. The summed E-state index contributed by atoms with van der Waals surface area (Å²) in [6.45, 7) is -0.00985. The number of methoxy groups -OCH3 is 3. The van der Waals surface area contributed by atoms with Crippen molar-refractivity contribution in [3.8, 4) is 17.2 Å². The van der Waals surface area contributed by atoms with Gasteiger partial charge in [-0.25, -0.2) is 12.8 Å². The maximum Gasteiger partial charge on any atom is 0.211 e. The molecule has 0 fully saturated rings. The van der Waals surface area contributed by atoms with Crippen molar-refractivity contribution in [3.05, 3.63) is 88.5 Å². The van der Waals surface area contributed by atoms with Gasteiger partial charge in [-0.15, -0.1) is 0 Å². The highest BCUT2D eigenvalue weighted by atomic mass is 32.2. The molecule has 0 aliphatic heterocycles. The molecular weight excluding hydrogens is 461 g/mol. The molecule has 1 heterocycles. The largest absolute Gasteiger partial charge is 0.497 e. The Hall–Kier alpha value is -3.85. The van der Waals surface area contributed by atoms with Crippen LogP contribution in [0.5, 0.6) is 17.2 Å². The molecule has 1 aromatic heterocycles. The van der Waals surface area contributed by atoms with Crippen LogP contribution in [-0.4, -0.2) is 34.3 Å². The second kappa shape index (κ2) is 9.18. The summed E-state index contributed by atoms with van der Waals surface area (Å²) in [5, 5.41) is 0.101. The molecule has 0 atom stereocenters. The van der Waals surface area contributed by atoms with Crippen molar-refractivity contribution >= 4 is 20.7 Å². The Balaban J connectivity index is 2.01. The zero-order chi connectivity index (χ0) is 24.5. The van der Waals surface area contributed by atoms with Crippen LogP contribution in [0.2, 0.25) is 0 Å². The Morgan fingerprint density at radius 3 is 2.15 bits per heavy atom. The quantitative estimate of drug-likeness (QED) is 0.394. The Bertz CT molecular complexity index is 1530. The van der Waals surface area contributed by atoms with Gasteiger partial charge in [-0.1, -0.05) is 18.2 Å².